The van der Waals surface area contributed by atoms with E-state index in [-0.39, 0.29) is 6.42 Å². The molecule has 0 radical (unpaired) electrons. The van der Waals surface area contributed by atoms with E-state index in [1.54, 1.807) is 0 Å². The summed E-state index contributed by atoms with van der Waals surface area (Å²) in [4.78, 5) is 0. The number of hydrogen-bond acceptors (Lipinski definition) is 1. The standard InChI is InChI=1S/C12H24F2O/c13-12(14)10-8-6-4-2-1-3-5-7-9-11-15/h12,15H,1-11H2. The molecule has 0 aliphatic carbocycles. The molecule has 0 fully saturated rings. The molecule has 0 saturated carbocycles. The Morgan fingerprint density at radius 1 is 0.667 bits per heavy atom. The lowest BCUT2D eigenvalue weighted by Gasteiger charge is -2.01. The van der Waals surface area contributed by atoms with Crippen LogP contribution in [0.25, 0.3) is 0 Å². The summed E-state index contributed by atoms with van der Waals surface area (Å²) in [7, 11) is 0. The van der Waals surface area contributed by atoms with Gasteiger partial charge in [0.2, 0.25) is 6.43 Å². The van der Waals surface area contributed by atoms with Gasteiger partial charge in [-0.25, -0.2) is 8.78 Å². The molecule has 0 heterocycles. The monoisotopic (exact) mass is 222 g/mol. The van der Waals surface area contributed by atoms with Gasteiger partial charge in [-0.3, -0.25) is 0 Å². The van der Waals surface area contributed by atoms with E-state index in [1.807, 2.05) is 0 Å². The summed E-state index contributed by atoms with van der Waals surface area (Å²) >= 11 is 0. The fourth-order valence-electron chi connectivity index (χ4n) is 1.65. The SMILES string of the molecule is OCCCCCCCCCCCC(F)F. The summed E-state index contributed by atoms with van der Waals surface area (Å²) in [5.74, 6) is 0. The molecule has 15 heavy (non-hydrogen) atoms. The number of aliphatic hydroxyl groups excluding tert-OH is 1. The van der Waals surface area contributed by atoms with Crippen molar-refractivity contribution < 1.29 is 13.9 Å². The van der Waals surface area contributed by atoms with E-state index in [1.165, 1.54) is 25.7 Å². The van der Waals surface area contributed by atoms with Crippen molar-refractivity contribution in [2.24, 2.45) is 0 Å². The predicted molar refractivity (Wildman–Crippen MR) is 59.3 cm³/mol. The molecule has 0 amide bonds. The fraction of sp³-hybridized carbons (Fsp3) is 1.00. The molecule has 92 valence electrons. The van der Waals surface area contributed by atoms with Gasteiger partial charge in [-0.2, -0.15) is 0 Å². The average molecular weight is 222 g/mol. The Morgan fingerprint density at radius 3 is 1.47 bits per heavy atom. The quantitative estimate of drug-likeness (QED) is 0.521. The van der Waals surface area contributed by atoms with E-state index in [0.29, 0.717) is 13.0 Å². The molecule has 0 aromatic heterocycles. The third-order valence-electron chi connectivity index (χ3n) is 2.58. The second kappa shape index (κ2) is 11.9. The van der Waals surface area contributed by atoms with Gasteiger partial charge in [0, 0.05) is 13.0 Å². The first kappa shape index (κ1) is 14.8. The molecule has 0 saturated heterocycles. The smallest absolute Gasteiger partial charge is 0.238 e. The predicted octanol–water partition coefficient (Wildman–Crippen LogP) is 4.14. The van der Waals surface area contributed by atoms with Gasteiger partial charge in [-0.05, 0) is 12.8 Å². The maximum atomic E-state index is 11.8. The zero-order valence-corrected chi connectivity index (χ0v) is 9.56. The Balaban J connectivity index is 2.87. The molecular formula is C12H24F2O. The first-order valence-electron chi connectivity index (χ1n) is 6.16. The molecule has 1 nitrogen and oxygen atoms in total. The second-order valence-corrected chi connectivity index (χ2v) is 4.09. The molecule has 0 aliphatic heterocycles. The minimum Gasteiger partial charge on any atom is -0.396 e. The van der Waals surface area contributed by atoms with E-state index in [9.17, 15) is 8.78 Å². The van der Waals surface area contributed by atoms with Crippen LogP contribution in [0.1, 0.15) is 64.2 Å². The number of aliphatic hydroxyl groups is 1. The summed E-state index contributed by atoms with van der Waals surface area (Å²) in [6.07, 6.45) is 7.46. The zero-order valence-electron chi connectivity index (χ0n) is 9.56. The van der Waals surface area contributed by atoms with Crippen molar-refractivity contribution in [3.63, 3.8) is 0 Å². The van der Waals surface area contributed by atoms with Gasteiger partial charge in [0.25, 0.3) is 0 Å². The molecule has 0 atom stereocenters. The highest BCUT2D eigenvalue weighted by Crippen LogP contribution is 2.12. The molecule has 0 aromatic rings. The minimum absolute atomic E-state index is 0.0660. The van der Waals surface area contributed by atoms with Crippen LogP contribution < -0.4 is 0 Å². The van der Waals surface area contributed by atoms with Crippen molar-refractivity contribution in [1.82, 2.24) is 0 Å². The maximum Gasteiger partial charge on any atom is 0.238 e. The van der Waals surface area contributed by atoms with Crippen molar-refractivity contribution in [3.8, 4) is 0 Å². The van der Waals surface area contributed by atoms with Crippen molar-refractivity contribution in [3.05, 3.63) is 0 Å². The molecule has 0 bridgehead atoms. The van der Waals surface area contributed by atoms with Gasteiger partial charge < -0.3 is 5.11 Å². The number of halogens is 2. The molecule has 0 aliphatic rings. The Labute approximate surface area is 91.9 Å². The number of rotatable bonds is 11. The highest BCUT2D eigenvalue weighted by atomic mass is 19.3. The lowest BCUT2D eigenvalue weighted by Crippen LogP contribution is -1.89. The molecular weight excluding hydrogens is 198 g/mol. The van der Waals surface area contributed by atoms with E-state index in [2.05, 4.69) is 0 Å². The first-order valence-corrected chi connectivity index (χ1v) is 6.16. The van der Waals surface area contributed by atoms with Crippen molar-refractivity contribution in [1.29, 1.82) is 0 Å². The van der Waals surface area contributed by atoms with E-state index >= 15 is 0 Å². The molecule has 0 unspecified atom stereocenters. The summed E-state index contributed by atoms with van der Waals surface area (Å²) in [5.41, 5.74) is 0. The van der Waals surface area contributed by atoms with E-state index < -0.39 is 6.43 Å². The Hall–Kier alpha value is -0.180. The van der Waals surface area contributed by atoms with Gasteiger partial charge in [-0.1, -0.05) is 44.9 Å². The minimum atomic E-state index is -2.12. The van der Waals surface area contributed by atoms with Gasteiger partial charge in [-0.15, -0.1) is 0 Å². The van der Waals surface area contributed by atoms with Gasteiger partial charge in [0.15, 0.2) is 0 Å². The van der Waals surface area contributed by atoms with Crippen LogP contribution in [-0.2, 0) is 0 Å². The number of hydrogen-bond donors (Lipinski definition) is 1. The van der Waals surface area contributed by atoms with Gasteiger partial charge >= 0.3 is 0 Å². The Bertz CT molecular complexity index is 118. The summed E-state index contributed by atoms with van der Waals surface area (Å²) in [6, 6.07) is 0. The van der Waals surface area contributed by atoms with Crippen molar-refractivity contribution in [2.75, 3.05) is 6.61 Å². The lowest BCUT2D eigenvalue weighted by atomic mass is 10.1. The molecule has 0 spiro atoms. The summed E-state index contributed by atoms with van der Waals surface area (Å²) in [5, 5.41) is 8.55. The molecule has 0 rings (SSSR count). The largest absolute Gasteiger partial charge is 0.396 e. The van der Waals surface area contributed by atoms with Crippen LogP contribution >= 0.6 is 0 Å². The van der Waals surface area contributed by atoms with Gasteiger partial charge in [0.05, 0.1) is 0 Å². The fourth-order valence-corrected chi connectivity index (χ4v) is 1.65. The molecule has 1 N–H and O–H groups in total. The number of alkyl halides is 2. The molecule has 3 heteroatoms. The highest BCUT2D eigenvalue weighted by molar-refractivity contribution is 4.48. The first-order chi connectivity index (χ1) is 7.27. The topological polar surface area (TPSA) is 20.2 Å². The van der Waals surface area contributed by atoms with E-state index in [0.717, 1.165) is 25.7 Å². The van der Waals surface area contributed by atoms with Crippen LogP contribution in [-0.4, -0.2) is 18.1 Å². The zero-order chi connectivity index (χ0) is 11.4. The highest BCUT2D eigenvalue weighted by Gasteiger charge is 2.00. The number of unbranched alkanes of at least 4 members (excludes halogenated alkanes) is 8. The second-order valence-electron chi connectivity index (χ2n) is 4.09. The Morgan fingerprint density at radius 2 is 1.07 bits per heavy atom. The van der Waals surface area contributed by atoms with Crippen LogP contribution in [0.5, 0.6) is 0 Å². The van der Waals surface area contributed by atoms with Crippen LogP contribution in [0.4, 0.5) is 8.78 Å². The summed E-state index contributed by atoms with van der Waals surface area (Å²) < 4.78 is 23.5. The third-order valence-corrected chi connectivity index (χ3v) is 2.58. The van der Waals surface area contributed by atoms with Crippen LogP contribution in [0.15, 0.2) is 0 Å². The lowest BCUT2D eigenvalue weighted by molar-refractivity contribution is 0.133. The van der Waals surface area contributed by atoms with Gasteiger partial charge in [0.1, 0.15) is 0 Å². The average Bonchev–Trinajstić information content (AvgIpc) is 2.20. The van der Waals surface area contributed by atoms with Crippen molar-refractivity contribution in [2.45, 2.75) is 70.6 Å². The summed E-state index contributed by atoms with van der Waals surface area (Å²) in [6.45, 7) is 0.299. The van der Waals surface area contributed by atoms with Crippen molar-refractivity contribution >= 4 is 0 Å². The maximum absolute atomic E-state index is 11.8. The van der Waals surface area contributed by atoms with E-state index in [4.69, 9.17) is 5.11 Å². The third kappa shape index (κ3) is 13.8. The normalized spacial score (nSPS) is 11.2. The van der Waals surface area contributed by atoms with Crippen LogP contribution in [0.3, 0.4) is 0 Å². The van der Waals surface area contributed by atoms with Crippen LogP contribution in [0, 0.1) is 0 Å². The van der Waals surface area contributed by atoms with Crippen LogP contribution in [0.2, 0.25) is 0 Å². The Kier molecular flexibility index (Phi) is 11.7. The molecule has 0 aromatic carbocycles.